The van der Waals surface area contributed by atoms with Crippen molar-refractivity contribution in [3.8, 4) is 5.75 Å². The number of aliphatic carboxylic acids is 1. The molecule has 84 valence electrons. The van der Waals surface area contributed by atoms with Crippen molar-refractivity contribution < 1.29 is 14.6 Å². The molecule has 0 saturated heterocycles. The second-order valence-corrected chi connectivity index (χ2v) is 4.02. The Hall–Kier alpha value is 0.360. The molecule has 0 bridgehead atoms. The Labute approximate surface area is 130 Å². The van der Waals surface area contributed by atoms with E-state index in [-0.39, 0.29) is 50.4 Å². The van der Waals surface area contributed by atoms with Crippen molar-refractivity contribution in [2.75, 3.05) is 0 Å². The van der Waals surface area contributed by atoms with Gasteiger partial charge in [-0.3, -0.25) is 0 Å². The van der Waals surface area contributed by atoms with Crippen molar-refractivity contribution in [1.82, 2.24) is 0 Å². The summed E-state index contributed by atoms with van der Waals surface area (Å²) in [5, 5.41) is 9.40. The Morgan fingerprint density at radius 3 is 2.25 bits per heavy atom. The Kier molecular flexibility index (Phi) is 7.10. The van der Waals surface area contributed by atoms with E-state index in [9.17, 15) is 4.79 Å². The number of carboxylic acid groups (broad SMARTS) is 1. The van der Waals surface area contributed by atoms with Crippen LogP contribution < -0.4 is 4.74 Å². The van der Waals surface area contributed by atoms with E-state index in [1.165, 1.54) is 19.1 Å². The van der Waals surface area contributed by atoms with E-state index < -0.39 is 12.1 Å². The van der Waals surface area contributed by atoms with Crippen molar-refractivity contribution in [3.63, 3.8) is 0 Å². The van der Waals surface area contributed by atoms with Gasteiger partial charge in [0.2, 0.25) is 0 Å². The van der Waals surface area contributed by atoms with Gasteiger partial charge in [-0.2, -0.15) is 0 Å². The molecule has 0 heterocycles. The summed E-state index contributed by atoms with van der Waals surface area (Å²) < 4.78 is 5.07. The average molecular weight is 294 g/mol. The summed E-state index contributed by atoms with van der Waals surface area (Å²) in [5.41, 5.74) is 0. The molecule has 0 aliphatic heterocycles. The number of rotatable bonds is 3. The van der Waals surface area contributed by atoms with Crippen LogP contribution in [-0.2, 0) is 4.79 Å². The van der Waals surface area contributed by atoms with Crippen LogP contribution in [0.15, 0.2) is 12.1 Å². The van der Waals surface area contributed by atoms with E-state index in [0.29, 0.717) is 0 Å². The van der Waals surface area contributed by atoms with Crippen LogP contribution in [0.1, 0.15) is 6.92 Å². The molecule has 0 amide bonds. The monoisotopic (exact) mass is 292 g/mol. The fourth-order valence-electron chi connectivity index (χ4n) is 0.835. The maximum atomic E-state index is 10.5. The summed E-state index contributed by atoms with van der Waals surface area (Å²) in [5.74, 6) is -0.891. The fraction of sp³-hybridized carbons (Fsp3) is 0.222. The molecule has 1 unspecified atom stereocenters. The molecular formula is C9H8Cl3NaO3. The van der Waals surface area contributed by atoms with Crippen molar-refractivity contribution in [3.05, 3.63) is 27.2 Å². The number of hydrogen-bond acceptors (Lipinski definition) is 2. The second-order valence-electron chi connectivity index (χ2n) is 2.80. The first-order valence-electron chi connectivity index (χ1n) is 3.96. The molecule has 0 aliphatic carbocycles. The van der Waals surface area contributed by atoms with Crippen molar-refractivity contribution in [1.29, 1.82) is 0 Å². The van der Waals surface area contributed by atoms with E-state index >= 15 is 0 Å². The zero-order valence-electron chi connectivity index (χ0n) is 7.63. The third-order valence-electron chi connectivity index (χ3n) is 1.63. The Bertz CT molecular complexity index is 398. The van der Waals surface area contributed by atoms with Gasteiger partial charge in [0.15, 0.2) is 6.10 Å². The molecule has 0 spiro atoms. The van der Waals surface area contributed by atoms with Crippen LogP contribution in [0.5, 0.6) is 5.75 Å². The van der Waals surface area contributed by atoms with E-state index in [2.05, 4.69) is 0 Å². The molecule has 1 N–H and O–H groups in total. The number of carboxylic acids is 1. The minimum atomic E-state index is -1.09. The molecule has 3 nitrogen and oxygen atoms in total. The summed E-state index contributed by atoms with van der Waals surface area (Å²) in [6.45, 7) is 1.39. The Morgan fingerprint density at radius 2 is 1.75 bits per heavy atom. The number of benzene rings is 1. The number of ether oxygens (including phenoxy) is 1. The van der Waals surface area contributed by atoms with Crippen LogP contribution in [0.3, 0.4) is 0 Å². The van der Waals surface area contributed by atoms with Crippen LogP contribution in [0.2, 0.25) is 15.1 Å². The van der Waals surface area contributed by atoms with Crippen molar-refractivity contribution in [2.24, 2.45) is 0 Å². The predicted octanol–water partition coefficient (Wildman–Crippen LogP) is 2.85. The number of carbonyl (C=O) groups is 1. The molecule has 1 aromatic carbocycles. The molecule has 0 radical (unpaired) electrons. The zero-order chi connectivity index (χ0) is 11.6. The molecule has 0 fully saturated rings. The molecule has 16 heavy (non-hydrogen) atoms. The minimum absolute atomic E-state index is 0. The number of hydrogen-bond donors (Lipinski definition) is 1. The zero-order valence-corrected chi connectivity index (χ0v) is 9.90. The molecule has 1 aromatic rings. The van der Waals surface area contributed by atoms with E-state index in [1.807, 2.05) is 0 Å². The summed E-state index contributed by atoms with van der Waals surface area (Å²) in [7, 11) is 0. The number of halogens is 3. The van der Waals surface area contributed by atoms with Crippen LogP contribution in [0.25, 0.3) is 0 Å². The molecule has 7 heteroatoms. The SMILES string of the molecule is CC(Oc1cc(Cl)c(Cl)cc1Cl)C(=O)O.[NaH]. The van der Waals surface area contributed by atoms with Gasteiger partial charge in [-0.15, -0.1) is 0 Å². The maximum absolute atomic E-state index is 10.5. The van der Waals surface area contributed by atoms with Crippen molar-refractivity contribution in [2.45, 2.75) is 13.0 Å². The Balaban J connectivity index is 0.00000225. The third kappa shape index (κ3) is 4.32. The predicted molar refractivity (Wildman–Crippen MR) is 66.3 cm³/mol. The molecule has 0 aromatic heterocycles. The molecule has 1 atom stereocenters. The summed E-state index contributed by atoms with van der Waals surface area (Å²) in [4.78, 5) is 10.5. The standard InChI is InChI=1S/C9H7Cl3O3.Na.H/c1-4(9(13)14)15-8-3-6(11)5(10)2-7(8)12;;/h2-4H,1H3,(H,13,14);;. The summed E-state index contributed by atoms with van der Waals surface area (Å²) in [6, 6.07) is 2.78. The van der Waals surface area contributed by atoms with Gasteiger partial charge in [0, 0.05) is 6.07 Å². The second kappa shape index (κ2) is 6.94. The van der Waals surface area contributed by atoms with Crippen molar-refractivity contribution >= 4 is 70.3 Å². The van der Waals surface area contributed by atoms with Gasteiger partial charge < -0.3 is 9.84 Å². The van der Waals surface area contributed by atoms with E-state index in [4.69, 9.17) is 44.6 Å². The van der Waals surface area contributed by atoms with Gasteiger partial charge in [-0.1, -0.05) is 34.8 Å². The van der Waals surface area contributed by atoms with Crippen LogP contribution >= 0.6 is 34.8 Å². The van der Waals surface area contributed by atoms with Crippen LogP contribution in [0.4, 0.5) is 0 Å². The first-order valence-corrected chi connectivity index (χ1v) is 5.09. The molecule has 0 saturated carbocycles. The summed E-state index contributed by atoms with van der Waals surface area (Å²) >= 11 is 17.2. The first kappa shape index (κ1) is 16.4. The quantitative estimate of drug-likeness (QED) is 0.688. The molecule has 1 rings (SSSR count). The summed E-state index contributed by atoms with van der Waals surface area (Å²) in [6.07, 6.45) is -1.00. The van der Waals surface area contributed by atoms with Gasteiger partial charge in [-0.05, 0) is 13.0 Å². The average Bonchev–Trinajstić information content (AvgIpc) is 2.13. The topological polar surface area (TPSA) is 46.5 Å². The van der Waals surface area contributed by atoms with Gasteiger partial charge in [0.25, 0.3) is 0 Å². The molecular weight excluding hydrogens is 285 g/mol. The van der Waals surface area contributed by atoms with E-state index in [0.717, 1.165) is 0 Å². The van der Waals surface area contributed by atoms with Gasteiger partial charge in [0.05, 0.1) is 15.1 Å². The third-order valence-corrected chi connectivity index (χ3v) is 2.64. The Morgan fingerprint density at radius 1 is 1.25 bits per heavy atom. The van der Waals surface area contributed by atoms with Gasteiger partial charge in [0.1, 0.15) is 5.75 Å². The van der Waals surface area contributed by atoms with Gasteiger partial charge in [-0.25, -0.2) is 4.79 Å². The first-order chi connectivity index (χ1) is 6.91. The fourth-order valence-corrected chi connectivity index (χ4v) is 1.42. The van der Waals surface area contributed by atoms with E-state index in [1.54, 1.807) is 0 Å². The normalized spacial score (nSPS) is 11.5. The molecule has 0 aliphatic rings. The van der Waals surface area contributed by atoms with Crippen LogP contribution in [-0.4, -0.2) is 46.7 Å². The van der Waals surface area contributed by atoms with Gasteiger partial charge >= 0.3 is 35.5 Å². The van der Waals surface area contributed by atoms with Crippen LogP contribution in [0, 0.1) is 0 Å².